The molecule has 3 aliphatic rings. The summed E-state index contributed by atoms with van der Waals surface area (Å²) in [5.74, 6) is -0.694. The summed E-state index contributed by atoms with van der Waals surface area (Å²) >= 11 is 0. The van der Waals surface area contributed by atoms with Crippen LogP contribution in [0.3, 0.4) is 0 Å². The van der Waals surface area contributed by atoms with Gasteiger partial charge in [0.1, 0.15) is 5.75 Å². The number of rotatable bonds is 1. The van der Waals surface area contributed by atoms with Crippen molar-refractivity contribution in [3.8, 4) is 5.75 Å². The molecule has 0 bridgehead atoms. The molecule has 0 fully saturated rings. The van der Waals surface area contributed by atoms with E-state index in [2.05, 4.69) is 0 Å². The molecule has 5 heteroatoms. The molecule has 5 nitrogen and oxygen atoms in total. The standard InChI is InChI=1S/C23H27NO4/c1-22(2)9-14-20(17(26)11-22)19(13-7-5-6-8-16(13)25)21-15(24(14)28)10-23(3,4)12-18(21)27/h5-8,19,25,28H,9-12H2,1-4H3. The molecule has 0 amide bonds. The molecule has 0 saturated carbocycles. The number of ketones is 2. The molecular formula is C23H27NO4. The van der Waals surface area contributed by atoms with Gasteiger partial charge in [-0.3, -0.25) is 14.8 Å². The van der Waals surface area contributed by atoms with Gasteiger partial charge in [0.05, 0.1) is 11.4 Å². The second-order valence-corrected chi connectivity index (χ2v) is 9.91. The molecule has 1 aromatic carbocycles. The predicted octanol–water partition coefficient (Wildman–Crippen LogP) is 4.47. The van der Waals surface area contributed by atoms with Crippen LogP contribution in [0.1, 0.15) is 64.9 Å². The number of phenols is 1. The SMILES string of the molecule is CC1(C)CC(=O)C2=C(C1)N(O)C1=C(C(=O)CC(C)(C)C1)C2c1ccccc1O. The first-order valence-electron chi connectivity index (χ1n) is 9.80. The summed E-state index contributed by atoms with van der Waals surface area (Å²) in [5, 5.41) is 22.7. The Morgan fingerprint density at radius 1 is 0.857 bits per heavy atom. The summed E-state index contributed by atoms with van der Waals surface area (Å²) in [5.41, 5.74) is 2.05. The first kappa shape index (κ1) is 18.9. The highest BCUT2D eigenvalue weighted by Gasteiger charge is 2.49. The van der Waals surface area contributed by atoms with E-state index in [9.17, 15) is 19.9 Å². The van der Waals surface area contributed by atoms with E-state index < -0.39 is 5.92 Å². The number of hydrogen-bond acceptors (Lipinski definition) is 5. The van der Waals surface area contributed by atoms with Crippen LogP contribution in [0.25, 0.3) is 0 Å². The van der Waals surface area contributed by atoms with Crippen LogP contribution in [-0.4, -0.2) is 26.9 Å². The Morgan fingerprint density at radius 2 is 1.32 bits per heavy atom. The van der Waals surface area contributed by atoms with Crippen molar-refractivity contribution in [3.63, 3.8) is 0 Å². The monoisotopic (exact) mass is 381 g/mol. The lowest BCUT2D eigenvalue weighted by atomic mass is 9.64. The van der Waals surface area contributed by atoms with E-state index in [4.69, 9.17) is 0 Å². The normalized spacial score (nSPS) is 24.4. The van der Waals surface area contributed by atoms with Crippen molar-refractivity contribution in [3.05, 3.63) is 52.4 Å². The van der Waals surface area contributed by atoms with E-state index in [0.717, 1.165) is 5.06 Å². The number of nitrogens with zero attached hydrogens (tertiary/aromatic N) is 1. The number of benzene rings is 1. The Hall–Kier alpha value is -2.40. The lowest BCUT2D eigenvalue weighted by Gasteiger charge is -2.46. The van der Waals surface area contributed by atoms with Gasteiger partial charge in [-0.05, 0) is 29.7 Å². The molecule has 2 aliphatic carbocycles. The zero-order valence-electron chi connectivity index (χ0n) is 16.9. The topological polar surface area (TPSA) is 77.8 Å². The number of hydrogen-bond donors (Lipinski definition) is 2. The number of hydroxylamine groups is 2. The highest BCUT2D eigenvalue weighted by Crippen LogP contribution is 2.54. The Morgan fingerprint density at radius 3 is 1.79 bits per heavy atom. The second-order valence-electron chi connectivity index (χ2n) is 9.91. The smallest absolute Gasteiger partial charge is 0.162 e. The number of allylic oxidation sites excluding steroid dienone is 4. The van der Waals surface area contributed by atoms with Crippen LogP contribution in [0.15, 0.2) is 46.8 Å². The number of aromatic hydroxyl groups is 1. The summed E-state index contributed by atoms with van der Waals surface area (Å²) in [6, 6.07) is 6.87. The first-order valence-corrected chi connectivity index (χ1v) is 9.80. The van der Waals surface area contributed by atoms with Gasteiger partial charge in [-0.1, -0.05) is 45.9 Å². The van der Waals surface area contributed by atoms with Crippen LogP contribution < -0.4 is 0 Å². The summed E-state index contributed by atoms with van der Waals surface area (Å²) in [7, 11) is 0. The number of carbonyl (C=O) groups excluding carboxylic acids is 2. The Labute approximate surface area is 165 Å². The molecule has 2 N–H and O–H groups in total. The molecule has 0 radical (unpaired) electrons. The Balaban J connectivity index is 1.99. The van der Waals surface area contributed by atoms with Gasteiger partial charge in [-0.25, -0.2) is 5.06 Å². The number of Topliss-reactive ketones (excluding diaryl/α,β-unsaturated/α-hetero) is 2. The number of carbonyl (C=O) groups is 2. The third kappa shape index (κ3) is 2.89. The molecule has 4 rings (SSSR count). The Kier molecular flexibility index (Phi) is 4.09. The molecule has 0 aromatic heterocycles. The highest BCUT2D eigenvalue weighted by molar-refractivity contribution is 6.06. The third-order valence-electron chi connectivity index (χ3n) is 6.13. The van der Waals surface area contributed by atoms with Crippen LogP contribution in [0.2, 0.25) is 0 Å². The molecule has 0 atom stereocenters. The second kappa shape index (κ2) is 6.05. The molecule has 1 aliphatic heterocycles. The van der Waals surface area contributed by atoms with Gasteiger partial charge in [0.15, 0.2) is 11.6 Å². The minimum Gasteiger partial charge on any atom is -0.508 e. The van der Waals surface area contributed by atoms with Gasteiger partial charge in [0, 0.05) is 35.5 Å². The molecule has 1 aromatic rings. The summed E-state index contributed by atoms with van der Waals surface area (Å²) in [6.45, 7) is 8.05. The summed E-state index contributed by atoms with van der Waals surface area (Å²) < 4.78 is 0. The van der Waals surface area contributed by atoms with Gasteiger partial charge in [0.2, 0.25) is 0 Å². The minimum absolute atomic E-state index is 0.0628. The Bertz CT molecular complexity index is 897. The fraction of sp³-hybridized carbons (Fsp3) is 0.478. The molecule has 0 spiro atoms. The lowest BCUT2D eigenvalue weighted by molar-refractivity contribution is -0.123. The zero-order valence-corrected chi connectivity index (χ0v) is 16.9. The zero-order chi connectivity index (χ0) is 20.4. The number of para-hydroxylation sites is 1. The van der Waals surface area contributed by atoms with E-state index in [-0.39, 0.29) is 28.1 Å². The van der Waals surface area contributed by atoms with E-state index in [0.29, 0.717) is 53.8 Å². The maximum absolute atomic E-state index is 13.2. The van der Waals surface area contributed by atoms with Crippen molar-refractivity contribution in [2.75, 3.05) is 0 Å². The van der Waals surface area contributed by atoms with Crippen molar-refractivity contribution >= 4 is 11.6 Å². The average Bonchev–Trinajstić information content (AvgIpc) is 2.56. The fourth-order valence-electron chi connectivity index (χ4n) is 4.99. The van der Waals surface area contributed by atoms with Crippen molar-refractivity contribution in [1.29, 1.82) is 0 Å². The summed E-state index contributed by atoms with van der Waals surface area (Å²) in [6.07, 6.45) is 1.79. The van der Waals surface area contributed by atoms with Crippen molar-refractivity contribution in [2.45, 2.75) is 59.3 Å². The average molecular weight is 381 g/mol. The maximum Gasteiger partial charge on any atom is 0.162 e. The van der Waals surface area contributed by atoms with Gasteiger partial charge in [-0.15, -0.1) is 0 Å². The highest BCUT2D eigenvalue weighted by atomic mass is 16.5. The van der Waals surface area contributed by atoms with Crippen LogP contribution >= 0.6 is 0 Å². The molecule has 1 heterocycles. The van der Waals surface area contributed by atoms with Crippen LogP contribution in [0, 0.1) is 10.8 Å². The van der Waals surface area contributed by atoms with E-state index in [1.807, 2.05) is 27.7 Å². The van der Waals surface area contributed by atoms with E-state index in [1.165, 1.54) is 0 Å². The summed E-state index contributed by atoms with van der Waals surface area (Å²) in [4.78, 5) is 26.4. The van der Waals surface area contributed by atoms with Gasteiger partial charge >= 0.3 is 0 Å². The van der Waals surface area contributed by atoms with Gasteiger partial charge < -0.3 is 5.11 Å². The molecule has 0 unspecified atom stereocenters. The minimum atomic E-state index is -0.623. The largest absolute Gasteiger partial charge is 0.508 e. The van der Waals surface area contributed by atoms with E-state index >= 15 is 0 Å². The van der Waals surface area contributed by atoms with Gasteiger partial charge in [0.25, 0.3) is 0 Å². The molecular weight excluding hydrogens is 354 g/mol. The van der Waals surface area contributed by atoms with Crippen LogP contribution in [-0.2, 0) is 9.59 Å². The van der Waals surface area contributed by atoms with Crippen molar-refractivity contribution < 1.29 is 19.9 Å². The number of phenolic OH excluding ortho intramolecular Hbond substituents is 1. The maximum atomic E-state index is 13.2. The molecule has 28 heavy (non-hydrogen) atoms. The predicted molar refractivity (Wildman–Crippen MR) is 105 cm³/mol. The van der Waals surface area contributed by atoms with Crippen molar-refractivity contribution in [1.82, 2.24) is 5.06 Å². The molecule has 0 saturated heterocycles. The third-order valence-corrected chi connectivity index (χ3v) is 6.13. The fourth-order valence-corrected chi connectivity index (χ4v) is 4.99. The van der Waals surface area contributed by atoms with Gasteiger partial charge in [-0.2, -0.15) is 0 Å². The van der Waals surface area contributed by atoms with Crippen LogP contribution in [0.4, 0.5) is 0 Å². The van der Waals surface area contributed by atoms with Crippen LogP contribution in [0.5, 0.6) is 5.75 Å². The first-order chi connectivity index (χ1) is 13.0. The lowest BCUT2D eigenvalue weighted by Crippen LogP contribution is -2.43. The quantitative estimate of drug-likeness (QED) is 0.751. The van der Waals surface area contributed by atoms with E-state index in [1.54, 1.807) is 24.3 Å². The van der Waals surface area contributed by atoms with Crippen molar-refractivity contribution in [2.24, 2.45) is 10.8 Å². The molecule has 148 valence electrons.